The Bertz CT molecular complexity index is 536. The minimum absolute atomic E-state index is 0.106. The molecule has 1 aromatic rings. The van der Waals surface area contributed by atoms with Crippen LogP contribution < -0.4 is 5.32 Å². The monoisotopic (exact) mass is 291 g/mol. The highest BCUT2D eigenvalue weighted by Gasteiger charge is 2.56. The Hall–Kier alpha value is -0.960. The summed E-state index contributed by atoms with van der Waals surface area (Å²) >= 11 is 0. The lowest BCUT2D eigenvalue weighted by Gasteiger charge is -2.56. The van der Waals surface area contributed by atoms with Crippen LogP contribution in [-0.2, 0) is 5.41 Å². The molecule has 1 N–H and O–H groups in total. The Kier molecular flexibility index (Phi) is 3.11. The average molecular weight is 291 g/mol. The SMILES string of the molecule is Fc1ccc(C2(CNC3CC3)CC3(CCCC3)C2)c(F)c1. The van der Waals surface area contributed by atoms with Gasteiger partial charge in [0.2, 0.25) is 0 Å². The molecule has 3 aliphatic rings. The van der Waals surface area contributed by atoms with Gasteiger partial charge in [0.1, 0.15) is 11.6 Å². The van der Waals surface area contributed by atoms with Crippen LogP contribution in [-0.4, -0.2) is 12.6 Å². The summed E-state index contributed by atoms with van der Waals surface area (Å²) in [6, 6.07) is 4.77. The van der Waals surface area contributed by atoms with Crippen molar-refractivity contribution in [3.8, 4) is 0 Å². The van der Waals surface area contributed by atoms with Gasteiger partial charge in [-0.25, -0.2) is 8.78 Å². The van der Waals surface area contributed by atoms with E-state index in [0.29, 0.717) is 11.5 Å². The Balaban J connectivity index is 1.60. The quantitative estimate of drug-likeness (QED) is 0.871. The Morgan fingerprint density at radius 2 is 1.81 bits per heavy atom. The topological polar surface area (TPSA) is 12.0 Å². The van der Waals surface area contributed by atoms with Crippen molar-refractivity contribution in [3.05, 3.63) is 35.4 Å². The van der Waals surface area contributed by atoms with Crippen LogP contribution in [0.5, 0.6) is 0 Å². The van der Waals surface area contributed by atoms with Crippen molar-refractivity contribution in [2.75, 3.05) is 6.54 Å². The van der Waals surface area contributed by atoms with Gasteiger partial charge in [-0.2, -0.15) is 0 Å². The Labute approximate surface area is 125 Å². The largest absolute Gasteiger partial charge is 0.313 e. The van der Waals surface area contributed by atoms with E-state index >= 15 is 0 Å². The number of rotatable bonds is 4. The molecule has 3 heteroatoms. The molecule has 0 aromatic heterocycles. The first-order valence-corrected chi connectivity index (χ1v) is 8.30. The number of hydrogen-bond donors (Lipinski definition) is 1. The van der Waals surface area contributed by atoms with Crippen molar-refractivity contribution in [2.45, 2.75) is 62.8 Å². The maximum Gasteiger partial charge on any atom is 0.129 e. The van der Waals surface area contributed by atoms with E-state index in [-0.39, 0.29) is 11.2 Å². The van der Waals surface area contributed by atoms with E-state index in [4.69, 9.17) is 0 Å². The van der Waals surface area contributed by atoms with Gasteiger partial charge in [0.15, 0.2) is 0 Å². The third-order valence-corrected chi connectivity index (χ3v) is 5.90. The summed E-state index contributed by atoms with van der Waals surface area (Å²) in [6.07, 6.45) is 9.85. The highest BCUT2D eigenvalue weighted by Crippen LogP contribution is 2.63. The van der Waals surface area contributed by atoms with Gasteiger partial charge in [-0.3, -0.25) is 0 Å². The van der Waals surface area contributed by atoms with Crippen LogP contribution in [0.2, 0.25) is 0 Å². The predicted molar refractivity (Wildman–Crippen MR) is 79.2 cm³/mol. The first-order chi connectivity index (χ1) is 10.1. The smallest absolute Gasteiger partial charge is 0.129 e. The molecule has 3 aliphatic carbocycles. The van der Waals surface area contributed by atoms with Gasteiger partial charge in [0, 0.05) is 24.1 Å². The van der Waals surface area contributed by atoms with Crippen LogP contribution in [0.1, 0.15) is 56.9 Å². The summed E-state index contributed by atoms with van der Waals surface area (Å²) in [4.78, 5) is 0. The van der Waals surface area contributed by atoms with Crippen molar-refractivity contribution in [1.82, 2.24) is 5.32 Å². The summed E-state index contributed by atoms with van der Waals surface area (Å²) in [5.74, 6) is -0.836. The average Bonchev–Trinajstić information content (AvgIpc) is 3.12. The van der Waals surface area contributed by atoms with Crippen molar-refractivity contribution in [2.24, 2.45) is 5.41 Å². The van der Waals surface area contributed by atoms with E-state index in [0.717, 1.165) is 31.0 Å². The molecule has 0 atom stereocenters. The van der Waals surface area contributed by atoms with Crippen LogP contribution in [0.4, 0.5) is 8.78 Å². The van der Waals surface area contributed by atoms with E-state index in [1.54, 1.807) is 6.07 Å². The molecule has 0 aliphatic heterocycles. The van der Waals surface area contributed by atoms with Crippen molar-refractivity contribution in [1.29, 1.82) is 0 Å². The zero-order chi connectivity index (χ0) is 14.5. The zero-order valence-electron chi connectivity index (χ0n) is 12.4. The lowest BCUT2D eigenvalue weighted by atomic mass is 9.49. The van der Waals surface area contributed by atoms with Gasteiger partial charge in [-0.1, -0.05) is 18.9 Å². The number of hydrogen-bond acceptors (Lipinski definition) is 1. The van der Waals surface area contributed by atoms with Crippen LogP contribution in [0, 0.1) is 17.0 Å². The second-order valence-electron chi connectivity index (χ2n) is 7.62. The normalized spacial score (nSPS) is 26.0. The molecule has 3 saturated carbocycles. The first-order valence-electron chi connectivity index (χ1n) is 8.30. The fourth-order valence-electron chi connectivity index (χ4n) is 4.82. The minimum atomic E-state index is -0.476. The fourth-order valence-corrected chi connectivity index (χ4v) is 4.82. The molecule has 0 radical (unpaired) electrons. The van der Waals surface area contributed by atoms with Crippen LogP contribution in [0.25, 0.3) is 0 Å². The third kappa shape index (κ3) is 2.40. The molecule has 0 heterocycles. The standard InChI is InChI=1S/C18H23F2N/c19-13-3-6-15(16(20)9-13)18(12-21-14-4-5-14)10-17(11-18)7-1-2-8-17/h3,6,9,14,21H,1-2,4-5,7-8,10-12H2. The number of benzene rings is 1. The van der Waals surface area contributed by atoms with Gasteiger partial charge < -0.3 is 5.32 Å². The lowest BCUT2D eigenvalue weighted by molar-refractivity contribution is 0.0243. The summed E-state index contributed by atoms with van der Waals surface area (Å²) in [6.45, 7) is 0.849. The maximum atomic E-state index is 14.3. The summed E-state index contributed by atoms with van der Waals surface area (Å²) in [5.41, 5.74) is 1.08. The van der Waals surface area contributed by atoms with E-state index < -0.39 is 5.82 Å². The molecular formula is C18H23F2N. The molecular weight excluding hydrogens is 268 g/mol. The predicted octanol–water partition coefficient (Wildman–Crippen LogP) is 4.31. The van der Waals surface area contributed by atoms with Crippen LogP contribution in [0.15, 0.2) is 18.2 Å². The zero-order valence-corrected chi connectivity index (χ0v) is 12.4. The van der Waals surface area contributed by atoms with Crippen molar-refractivity contribution >= 4 is 0 Å². The Morgan fingerprint density at radius 3 is 2.43 bits per heavy atom. The summed E-state index contributed by atoms with van der Waals surface area (Å²) in [7, 11) is 0. The molecule has 1 nitrogen and oxygen atoms in total. The molecule has 0 amide bonds. The number of nitrogens with one attached hydrogen (secondary N) is 1. The van der Waals surface area contributed by atoms with Gasteiger partial charge in [-0.15, -0.1) is 0 Å². The second kappa shape index (κ2) is 4.77. The van der Waals surface area contributed by atoms with Gasteiger partial charge in [0.05, 0.1) is 0 Å². The summed E-state index contributed by atoms with van der Waals surface area (Å²) < 4.78 is 27.5. The van der Waals surface area contributed by atoms with Crippen molar-refractivity contribution < 1.29 is 8.78 Å². The molecule has 0 bridgehead atoms. The van der Waals surface area contributed by atoms with E-state index in [1.807, 2.05) is 0 Å². The second-order valence-corrected chi connectivity index (χ2v) is 7.62. The Morgan fingerprint density at radius 1 is 1.10 bits per heavy atom. The highest BCUT2D eigenvalue weighted by atomic mass is 19.1. The highest BCUT2D eigenvalue weighted by molar-refractivity contribution is 5.33. The maximum absolute atomic E-state index is 14.3. The molecule has 114 valence electrons. The summed E-state index contributed by atoms with van der Waals surface area (Å²) in [5, 5.41) is 3.59. The van der Waals surface area contributed by atoms with Gasteiger partial charge >= 0.3 is 0 Å². The fraction of sp³-hybridized carbons (Fsp3) is 0.667. The molecule has 21 heavy (non-hydrogen) atoms. The van der Waals surface area contributed by atoms with Crippen LogP contribution in [0.3, 0.4) is 0 Å². The minimum Gasteiger partial charge on any atom is -0.313 e. The van der Waals surface area contributed by atoms with E-state index in [2.05, 4.69) is 5.32 Å². The van der Waals surface area contributed by atoms with Crippen LogP contribution >= 0.6 is 0 Å². The molecule has 3 fully saturated rings. The van der Waals surface area contributed by atoms with Gasteiger partial charge in [-0.05, 0) is 55.6 Å². The molecule has 1 spiro atoms. The lowest BCUT2D eigenvalue weighted by Crippen LogP contribution is -2.54. The molecule has 1 aromatic carbocycles. The number of halogens is 2. The van der Waals surface area contributed by atoms with E-state index in [1.165, 1.54) is 44.6 Å². The van der Waals surface area contributed by atoms with Gasteiger partial charge in [0.25, 0.3) is 0 Å². The first kappa shape index (κ1) is 13.7. The van der Waals surface area contributed by atoms with Crippen molar-refractivity contribution in [3.63, 3.8) is 0 Å². The van der Waals surface area contributed by atoms with E-state index in [9.17, 15) is 8.78 Å². The molecule has 4 rings (SSSR count). The third-order valence-electron chi connectivity index (χ3n) is 5.90. The molecule has 0 unspecified atom stereocenters. The molecule has 0 saturated heterocycles.